The van der Waals surface area contributed by atoms with E-state index in [2.05, 4.69) is 105 Å². The molecular formula is C29H39IS. The molecule has 0 spiro atoms. The SMILES string of the molecule is Cc1ccccc1C1CCCC(Sc2cc(C)c(C)c(C3C(I)CCC(C)C3C)c2)C1. The maximum absolute atomic E-state index is 2.75. The van der Waals surface area contributed by atoms with E-state index in [1.807, 2.05) is 0 Å². The van der Waals surface area contributed by atoms with E-state index >= 15 is 0 Å². The summed E-state index contributed by atoms with van der Waals surface area (Å²) in [5.41, 5.74) is 7.73. The molecule has 2 aliphatic rings. The molecule has 4 rings (SSSR count). The van der Waals surface area contributed by atoms with Gasteiger partial charge in [0.1, 0.15) is 0 Å². The van der Waals surface area contributed by atoms with E-state index in [9.17, 15) is 0 Å². The fourth-order valence-corrected chi connectivity index (χ4v) is 8.90. The van der Waals surface area contributed by atoms with Crippen molar-refractivity contribution in [3.63, 3.8) is 0 Å². The van der Waals surface area contributed by atoms with E-state index in [0.29, 0.717) is 5.92 Å². The summed E-state index contributed by atoms with van der Waals surface area (Å²) in [5, 5.41) is 0.742. The Labute approximate surface area is 208 Å². The molecule has 0 N–H and O–H groups in total. The molecule has 2 saturated carbocycles. The zero-order valence-electron chi connectivity index (χ0n) is 20.0. The van der Waals surface area contributed by atoms with Crippen LogP contribution < -0.4 is 0 Å². The van der Waals surface area contributed by atoms with Crippen LogP contribution in [0, 0.1) is 32.6 Å². The average Bonchev–Trinajstić information content (AvgIpc) is 2.75. The Morgan fingerprint density at radius 3 is 2.42 bits per heavy atom. The smallest absolute Gasteiger partial charge is 0.0181 e. The van der Waals surface area contributed by atoms with Gasteiger partial charge in [-0.05, 0) is 116 Å². The van der Waals surface area contributed by atoms with E-state index in [1.54, 1.807) is 16.7 Å². The third-order valence-electron chi connectivity index (χ3n) is 8.35. The van der Waals surface area contributed by atoms with Gasteiger partial charge in [0.15, 0.2) is 0 Å². The number of rotatable bonds is 4. The molecule has 2 aromatic carbocycles. The van der Waals surface area contributed by atoms with Crippen molar-refractivity contribution in [1.29, 1.82) is 0 Å². The Balaban J connectivity index is 1.56. The number of hydrogen-bond donors (Lipinski definition) is 0. The minimum atomic E-state index is 0.703. The molecule has 2 heteroatoms. The van der Waals surface area contributed by atoms with Gasteiger partial charge < -0.3 is 0 Å². The molecule has 31 heavy (non-hydrogen) atoms. The predicted octanol–water partition coefficient (Wildman–Crippen LogP) is 9.38. The van der Waals surface area contributed by atoms with Crippen molar-refractivity contribution in [2.24, 2.45) is 11.8 Å². The molecule has 6 unspecified atom stereocenters. The Hall–Kier alpha value is -0.480. The van der Waals surface area contributed by atoms with Crippen LogP contribution in [0.3, 0.4) is 0 Å². The molecule has 0 heterocycles. The Kier molecular flexibility index (Phi) is 7.79. The minimum absolute atomic E-state index is 0.703. The zero-order chi connectivity index (χ0) is 22.1. The second-order valence-electron chi connectivity index (χ2n) is 10.4. The highest BCUT2D eigenvalue weighted by atomic mass is 127. The summed E-state index contributed by atoms with van der Waals surface area (Å²) >= 11 is 4.92. The van der Waals surface area contributed by atoms with Crippen LogP contribution in [0.4, 0.5) is 0 Å². The summed E-state index contributed by atoms with van der Waals surface area (Å²) in [5.74, 6) is 3.04. The Bertz CT molecular complexity index is 904. The van der Waals surface area contributed by atoms with E-state index in [0.717, 1.165) is 26.9 Å². The lowest BCUT2D eigenvalue weighted by Crippen LogP contribution is -2.31. The van der Waals surface area contributed by atoms with Crippen LogP contribution in [-0.2, 0) is 0 Å². The van der Waals surface area contributed by atoms with Gasteiger partial charge in [-0.3, -0.25) is 0 Å². The van der Waals surface area contributed by atoms with Crippen molar-refractivity contribution in [2.75, 3.05) is 0 Å². The second kappa shape index (κ2) is 10.2. The highest BCUT2D eigenvalue weighted by Crippen LogP contribution is 2.48. The summed E-state index contributed by atoms with van der Waals surface area (Å²) in [7, 11) is 0. The molecule has 2 fully saturated rings. The summed E-state index contributed by atoms with van der Waals surface area (Å²) in [6.45, 7) is 12.0. The standard InChI is InChI=1S/C29H39IS/c1-18-13-14-28(30)29(22(18)5)27-17-25(15-20(3)21(27)4)31-24-11-8-10-23(16-24)26-12-7-6-9-19(26)2/h6-7,9,12,15,17-18,22-24,28-29H,8,10-11,13-14,16H2,1-5H3. The first-order valence-corrected chi connectivity index (χ1v) is 14.4. The highest BCUT2D eigenvalue weighted by Gasteiger charge is 2.35. The number of benzene rings is 2. The first kappa shape index (κ1) is 23.7. The average molecular weight is 547 g/mol. The van der Waals surface area contributed by atoms with E-state index < -0.39 is 0 Å². The maximum Gasteiger partial charge on any atom is 0.0181 e. The van der Waals surface area contributed by atoms with Crippen molar-refractivity contribution in [1.82, 2.24) is 0 Å². The van der Waals surface area contributed by atoms with Crippen LogP contribution >= 0.6 is 34.4 Å². The van der Waals surface area contributed by atoms with Gasteiger partial charge in [0.25, 0.3) is 0 Å². The number of thioether (sulfide) groups is 1. The van der Waals surface area contributed by atoms with Crippen LogP contribution in [0.2, 0.25) is 0 Å². The number of halogens is 1. The summed E-state index contributed by atoms with van der Waals surface area (Å²) < 4.78 is 0.766. The van der Waals surface area contributed by atoms with Crippen molar-refractivity contribution in [3.05, 3.63) is 64.2 Å². The van der Waals surface area contributed by atoms with Crippen LogP contribution in [0.15, 0.2) is 41.3 Å². The topological polar surface area (TPSA) is 0 Å². The van der Waals surface area contributed by atoms with E-state index in [1.165, 1.54) is 54.5 Å². The van der Waals surface area contributed by atoms with Gasteiger partial charge >= 0.3 is 0 Å². The molecule has 2 aliphatic carbocycles. The lowest BCUT2D eigenvalue weighted by atomic mass is 9.70. The first-order chi connectivity index (χ1) is 14.8. The van der Waals surface area contributed by atoms with E-state index in [4.69, 9.17) is 0 Å². The fraction of sp³-hybridized carbons (Fsp3) is 0.586. The Morgan fingerprint density at radius 2 is 1.65 bits per heavy atom. The second-order valence-corrected chi connectivity index (χ2v) is 13.3. The van der Waals surface area contributed by atoms with Gasteiger partial charge in [-0.25, -0.2) is 0 Å². The molecule has 0 radical (unpaired) electrons. The lowest BCUT2D eigenvalue weighted by molar-refractivity contribution is 0.250. The molecule has 0 amide bonds. The maximum atomic E-state index is 2.75. The largest absolute Gasteiger partial charge is 0.123 e. The molecule has 168 valence electrons. The monoisotopic (exact) mass is 546 g/mol. The summed E-state index contributed by atoms with van der Waals surface area (Å²) in [6, 6.07) is 14.1. The minimum Gasteiger partial charge on any atom is -0.123 e. The molecule has 6 atom stereocenters. The molecule has 0 aromatic heterocycles. The van der Waals surface area contributed by atoms with Gasteiger partial charge in [0.2, 0.25) is 0 Å². The number of aryl methyl sites for hydroxylation is 2. The summed E-state index contributed by atoms with van der Waals surface area (Å²) in [4.78, 5) is 1.52. The van der Waals surface area contributed by atoms with Crippen molar-refractivity contribution < 1.29 is 0 Å². The van der Waals surface area contributed by atoms with Crippen LogP contribution in [0.1, 0.15) is 92.0 Å². The fourth-order valence-electron chi connectivity index (χ4n) is 6.06. The van der Waals surface area contributed by atoms with Gasteiger partial charge in [-0.1, -0.05) is 67.1 Å². The van der Waals surface area contributed by atoms with Gasteiger partial charge in [0, 0.05) is 14.1 Å². The quantitative estimate of drug-likeness (QED) is 0.272. The predicted molar refractivity (Wildman–Crippen MR) is 146 cm³/mol. The molecule has 0 nitrogen and oxygen atoms in total. The third kappa shape index (κ3) is 5.21. The van der Waals surface area contributed by atoms with Gasteiger partial charge in [-0.2, -0.15) is 0 Å². The highest BCUT2D eigenvalue weighted by molar-refractivity contribution is 14.1. The van der Waals surface area contributed by atoms with Crippen LogP contribution in [0.25, 0.3) is 0 Å². The number of alkyl halides is 1. The van der Waals surface area contributed by atoms with Gasteiger partial charge in [-0.15, -0.1) is 11.8 Å². The molecule has 2 aromatic rings. The number of hydrogen-bond acceptors (Lipinski definition) is 1. The van der Waals surface area contributed by atoms with Crippen molar-refractivity contribution in [3.8, 4) is 0 Å². The first-order valence-electron chi connectivity index (χ1n) is 12.3. The van der Waals surface area contributed by atoms with Crippen LogP contribution in [0.5, 0.6) is 0 Å². The van der Waals surface area contributed by atoms with E-state index in [-0.39, 0.29) is 0 Å². The molecule has 0 bridgehead atoms. The molecule has 0 aliphatic heterocycles. The van der Waals surface area contributed by atoms with Gasteiger partial charge in [0.05, 0.1) is 0 Å². The van der Waals surface area contributed by atoms with Crippen molar-refractivity contribution in [2.45, 2.75) is 99.0 Å². The molecular weight excluding hydrogens is 507 g/mol. The van der Waals surface area contributed by atoms with Crippen molar-refractivity contribution >= 4 is 34.4 Å². The lowest BCUT2D eigenvalue weighted by Gasteiger charge is -2.39. The molecule has 0 saturated heterocycles. The normalized spacial score (nSPS) is 31.5. The third-order valence-corrected chi connectivity index (χ3v) is 11.0. The zero-order valence-corrected chi connectivity index (χ0v) is 22.9. The van der Waals surface area contributed by atoms with Crippen LogP contribution in [-0.4, -0.2) is 9.17 Å². The summed E-state index contributed by atoms with van der Waals surface area (Å²) in [6.07, 6.45) is 8.16. The Morgan fingerprint density at radius 1 is 0.871 bits per heavy atom.